The highest BCUT2D eigenvalue weighted by Gasteiger charge is 2.15. The van der Waals surface area contributed by atoms with Crippen molar-refractivity contribution in [1.82, 2.24) is 9.78 Å². The Kier molecular flexibility index (Phi) is 4.95. The van der Waals surface area contributed by atoms with E-state index >= 15 is 0 Å². The van der Waals surface area contributed by atoms with E-state index in [0.29, 0.717) is 16.5 Å². The van der Waals surface area contributed by atoms with Crippen LogP contribution in [0, 0.1) is 6.92 Å². The van der Waals surface area contributed by atoms with Crippen LogP contribution >= 0.6 is 11.6 Å². The first-order valence-electron chi connectivity index (χ1n) is 5.28. The Hall–Kier alpha value is -0.390. The zero-order chi connectivity index (χ0) is 12.3. The summed E-state index contributed by atoms with van der Waals surface area (Å²) < 4.78 is 13.6. The molecule has 6 heteroatoms. The van der Waals surface area contributed by atoms with E-state index in [0.717, 1.165) is 17.9 Å². The molecule has 1 aromatic heterocycles. The molecule has 92 valence electrons. The molecular formula is C10H18ClN3OS. The number of aryl methyl sites for hydroxylation is 2. The lowest BCUT2D eigenvalue weighted by atomic mass is 10.4. The van der Waals surface area contributed by atoms with Gasteiger partial charge < -0.3 is 5.73 Å². The van der Waals surface area contributed by atoms with Crippen molar-refractivity contribution < 1.29 is 4.21 Å². The van der Waals surface area contributed by atoms with E-state index in [-0.39, 0.29) is 6.04 Å². The maximum absolute atomic E-state index is 11.8. The number of nitrogens with zero attached hydrogens (tertiary/aromatic N) is 2. The van der Waals surface area contributed by atoms with Gasteiger partial charge in [-0.3, -0.25) is 8.89 Å². The Morgan fingerprint density at radius 3 is 2.75 bits per heavy atom. The minimum atomic E-state index is -0.980. The smallest absolute Gasteiger partial charge is 0.0856 e. The van der Waals surface area contributed by atoms with Crippen LogP contribution in [0.25, 0.3) is 0 Å². The molecular weight excluding hydrogens is 246 g/mol. The van der Waals surface area contributed by atoms with E-state index in [4.69, 9.17) is 17.3 Å². The fourth-order valence-corrected chi connectivity index (χ4v) is 3.10. The summed E-state index contributed by atoms with van der Waals surface area (Å²) in [5.41, 5.74) is 7.25. The third-order valence-electron chi connectivity index (χ3n) is 2.20. The summed E-state index contributed by atoms with van der Waals surface area (Å²) in [5.74, 6) is 0.916. The van der Waals surface area contributed by atoms with Crippen LogP contribution in [0.1, 0.15) is 25.2 Å². The number of aromatic nitrogens is 2. The Morgan fingerprint density at radius 1 is 1.62 bits per heavy atom. The summed E-state index contributed by atoms with van der Waals surface area (Å²) in [6.45, 7) is 6.42. The maximum Gasteiger partial charge on any atom is 0.0856 e. The van der Waals surface area contributed by atoms with Gasteiger partial charge in [0, 0.05) is 29.1 Å². The molecule has 1 aromatic rings. The molecule has 0 spiro atoms. The zero-order valence-electron chi connectivity index (χ0n) is 9.86. The highest BCUT2D eigenvalue weighted by Crippen LogP contribution is 2.21. The van der Waals surface area contributed by atoms with Crippen LogP contribution in [0.15, 0.2) is 0 Å². The second-order valence-electron chi connectivity index (χ2n) is 3.89. The Bertz CT molecular complexity index is 390. The highest BCUT2D eigenvalue weighted by atomic mass is 35.5. The Morgan fingerprint density at radius 2 is 2.25 bits per heavy atom. The van der Waals surface area contributed by atoms with Crippen molar-refractivity contribution in [2.24, 2.45) is 5.73 Å². The van der Waals surface area contributed by atoms with E-state index in [2.05, 4.69) is 5.10 Å². The summed E-state index contributed by atoms with van der Waals surface area (Å²) in [4.78, 5) is 0. The molecule has 0 aliphatic rings. The van der Waals surface area contributed by atoms with Crippen molar-refractivity contribution in [1.29, 1.82) is 0 Å². The lowest BCUT2D eigenvalue weighted by Gasteiger charge is -2.07. The van der Waals surface area contributed by atoms with Crippen LogP contribution in [-0.2, 0) is 23.1 Å². The van der Waals surface area contributed by atoms with Crippen molar-refractivity contribution in [3.63, 3.8) is 0 Å². The minimum absolute atomic E-state index is 0.0568. The third kappa shape index (κ3) is 3.30. The molecule has 0 saturated heterocycles. The van der Waals surface area contributed by atoms with Crippen LogP contribution < -0.4 is 5.73 Å². The minimum Gasteiger partial charge on any atom is -0.327 e. The van der Waals surface area contributed by atoms with Crippen LogP contribution in [-0.4, -0.2) is 25.8 Å². The Labute approximate surface area is 104 Å². The van der Waals surface area contributed by atoms with Gasteiger partial charge in [-0.2, -0.15) is 5.10 Å². The zero-order valence-corrected chi connectivity index (χ0v) is 11.4. The lowest BCUT2D eigenvalue weighted by molar-refractivity contribution is 0.626. The predicted molar refractivity (Wildman–Crippen MR) is 68.0 cm³/mol. The molecule has 2 atom stereocenters. The van der Waals surface area contributed by atoms with E-state index in [1.807, 2.05) is 20.8 Å². The fourth-order valence-electron chi connectivity index (χ4n) is 1.51. The van der Waals surface area contributed by atoms with Gasteiger partial charge in [0.1, 0.15) is 0 Å². The molecule has 0 fully saturated rings. The van der Waals surface area contributed by atoms with Gasteiger partial charge in [0.05, 0.1) is 22.2 Å². The molecule has 0 saturated carbocycles. The van der Waals surface area contributed by atoms with Gasteiger partial charge >= 0.3 is 0 Å². The summed E-state index contributed by atoms with van der Waals surface area (Å²) in [6.07, 6.45) is 0. The molecule has 0 radical (unpaired) electrons. The molecule has 0 aliphatic heterocycles. The van der Waals surface area contributed by atoms with Crippen molar-refractivity contribution in [2.75, 3.05) is 5.75 Å². The van der Waals surface area contributed by atoms with E-state index < -0.39 is 10.8 Å². The second-order valence-corrected chi connectivity index (χ2v) is 5.77. The van der Waals surface area contributed by atoms with Crippen LogP contribution in [0.4, 0.5) is 0 Å². The van der Waals surface area contributed by atoms with Gasteiger partial charge in [-0.15, -0.1) is 0 Å². The standard InChI is InChI=1S/C10H18ClN3OS/c1-4-14-9(10(11)8(3)13-14)6-16(15)5-7(2)12/h7H,4-6,12H2,1-3H3. The average Bonchev–Trinajstić information content (AvgIpc) is 2.44. The normalized spacial score (nSPS) is 15.1. The van der Waals surface area contributed by atoms with E-state index in [9.17, 15) is 4.21 Å². The number of hydrogen-bond donors (Lipinski definition) is 1. The van der Waals surface area contributed by atoms with Crippen LogP contribution in [0.2, 0.25) is 5.02 Å². The summed E-state index contributed by atoms with van der Waals surface area (Å²) in [5, 5.41) is 4.90. The van der Waals surface area contributed by atoms with Crippen molar-refractivity contribution in [3.05, 3.63) is 16.4 Å². The quantitative estimate of drug-likeness (QED) is 0.875. The van der Waals surface area contributed by atoms with Gasteiger partial charge in [0.25, 0.3) is 0 Å². The van der Waals surface area contributed by atoms with E-state index in [1.165, 1.54) is 0 Å². The maximum atomic E-state index is 11.8. The van der Waals surface area contributed by atoms with Crippen LogP contribution in [0.5, 0.6) is 0 Å². The molecule has 0 aliphatic carbocycles. The number of hydrogen-bond acceptors (Lipinski definition) is 3. The first-order valence-corrected chi connectivity index (χ1v) is 7.14. The first-order chi connectivity index (χ1) is 7.45. The second kappa shape index (κ2) is 5.80. The Balaban J connectivity index is 2.83. The molecule has 16 heavy (non-hydrogen) atoms. The molecule has 1 rings (SSSR count). The molecule has 2 unspecified atom stereocenters. The van der Waals surface area contributed by atoms with Gasteiger partial charge in [-0.25, -0.2) is 0 Å². The molecule has 4 nitrogen and oxygen atoms in total. The molecule has 0 aromatic carbocycles. The average molecular weight is 264 g/mol. The van der Waals surface area contributed by atoms with Gasteiger partial charge in [0.15, 0.2) is 0 Å². The lowest BCUT2D eigenvalue weighted by Crippen LogP contribution is -2.24. The van der Waals surface area contributed by atoms with Crippen molar-refractivity contribution in [3.8, 4) is 0 Å². The number of rotatable bonds is 5. The number of nitrogens with two attached hydrogens (primary N) is 1. The van der Waals surface area contributed by atoms with E-state index in [1.54, 1.807) is 4.68 Å². The molecule has 0 amide bonds. The molecule has 0 bridgehead atoms. The predicted octanol–water partition coefficient (Wildman–Crippen LogP) is 1.46. The summed E-state index contributed by atoms with van der Waals surface area (Å²) in [6, 6.07) is -0.0568. The topological polar surface area (TPSA) is 60.9 Å². The fraction of sp³-hybridized carbons (Fsp3) is 0.700. The van der Waals surface area contributed by atoms with Gasteiger partial charge in [-0.05, 0) is 20.8 Å². The monoisotopic (exact) mass is 263 g/mol. The van der Waals surface area contributed by atoms with Crippen LogP contribution in [0.3, 0.4) is 0 Å². The molecule has 1 heterocycles. The van der Waals surface area contributed by atoms with Crippen molar-refractivity contribution in [2.45, 2.75) is 39.1 Å². The number of halogens is 1. The van der Waals surface area contributed by atoms with Crippen molar-refractivity contribution >= 4 is 22.4 Å². The van der Waals surface area contributed by atoms with Gasteiger partial charge in [0.2, 0.25) is 0 Å². The third-order valence-corrected chi connectivity index (χ3v) is 4.18. The highest BCUT2D eigenvalue weighted by molar-refractivity contribution is 7.84. The SMILES string of the molecule is CCn1nc(C)c(Cl)c1CS(=O)CC(C)N. The summed E-state index contributed by atoms with van der Waals surface area (Å²) >= 11 is 6.12. The molecule has 2 N–H and O–H groups in total. The first kappa shape index (κ1) is 13.7. The van der Waals surface area contributed by atoms with Gasteiger partial charge in [-0.1, -0.05) is 11.6 Å². The largest absolute Gasteiger partial charge is 0.327 e. The summed E-state index contributed by atoms with van der Waals surface area (Å²) in [7, 11) is -0.980.